The first-order chi connectivity index (χ1) is 12.5. The lowest BCUT2D eigenvalue weighted by Crippen LogP contribution is -2.71. The van der Waals surface area contributed by atoms with Crippen LogP contribution in [0.5, 0.6) is 0 Å². The van der Waals surface area contributed by atoms with Crippen molar-refractivity contribution in [1.82, 2.24) is 4.31 Å². The fourth-order valence-corrected chi connectivity index (χ4v) is 2.89. The zero-order chi connectivity index (χ0) is 23.9. The van der Waals surface area contributed by atoms with Crippen molar-refractivity contribution in [3.63, 3.8) is 0 Å². The summed E-state index contributed by atoms with van der Waals surface area (Å²) in [5.41, 5.74) is 0. The number of aliphatic hydroxyl groups excluding tert-OH is 1. The van der Waals surface area contributed by atoms with Crippen molar-refractivity contribution >= 4 is 10.0 Å². The molecule has 0 unspecified atom stereocenters. The van der Waals surface area contributed by atoms with Gasteiger partial charge in [-0.15, -0.1) is 0 Å². The Morgan fingerprint density at radius 3 is 1.41 bits per heavy atom. The molecule has 0 radical (unpaired) electrons. The van der Waals surface area contributed by atoms with E-state index in [-0.39, 0.29) is 13.5 Å². The highest BCUT2D eigenvalue weighted by molar-refractivity contribution is 7.90. The molecule has 0 rings (SSSR count). The minimum absolute atomic E-state index is 0.0945. The summed E-state index contributed by atoms with van der Waals surface area (Å²) < 4.78 is 191. The van der Waals surface area contributed by atoms with Crippen LogP contribution >= 0.6 is 0 Å². The summed E-state index contributed by atoms with van der Waals surface area (Å²) in [7, 11) is -6.88. The summed E-state index contributed by atoms with van der Waals surface area (Å²) >= 11 is 0. The number of halogens is 13. The third-order valence-corrected chi connectivity index (χ3v) is 5.43. The van der Waals surface area contributed by atoms with Gasteiger partial charge in [0.05, 0.1) is 0 Å². The average molecular weight is 485 g/mol. The van der Waals surface area contributed by atoms with Gasteiger partial charge in [0.1, 0.15) is 0 Å². The number of hydrogen-bond donors (Lipinski definition) is 1. The van der Waals surface area contributed by atoms with E-state index in [1.807, 2.05) is 0 Å². The van der Waals surface area contributed by atoms with Crippen LogP contribution in [-0.2, 0) is 10.0 Å². The molecule has 0 heterocycles. The van der Waals surface area contributed by atoms with E-state index in [0.717, 1.165) is 0 Å². The summed E-state index contributed by atoms with van der Waals surface area (Å²) in [6.45, 7) is -1.80. The fourth-order valence-electron chi connectivity index (χ4n) is 1.68. The van der Waals surface area contributed by atoms with E-state index in [2.05, 4.69) is 0 Å². The van der Waals surface area contributed by atoms with Crippen molar-refractivity contribution in [3.8, 4) is 0 Å². The number of nitrogens with zero attached hydrogens (tertiary/aromatic N) is 1. The Balaban J connectivity index is 6.37. The zero-order valence-electron chi connectivity index (χ0n) is 13.9. The van der Waals surface area contributed by atoms with Gasteiger partial charge in [0, 0.05) is 20.2 Å². The molecule has 1 N–H and O–H groups in total. The minimum Gasteiger partial charge on any atom is -0.396 e. The van der Waals surface area contributed by atoms with Crippen LogP contribution in [0, 0.1) is 0 Å². The lowest BCUT2D eigenvalue weighted by atomic mass is 9.98. The molecule has 0 amide bonds. The van der Waals surface area contributed by atoms with Crippen molar-refractivity contribution in [1.29, 1.82) is 0 Å². The monoisotopic (exact) mass is 485 g/mol. The molecule has 0 spiro atoms. The third kappa shape index (κ3) is 4.11. The highest BCUT2D eigenvalue weighted by atomic mass is 32.2. The van der Waals surface area contributed by atoms with Crippen molar-refractivity contribution < 1.29 is 70.6 Å². The number of aliphatic hydroxyl groups is 1. The van der Waals surface area contributed by atoms with Crippen LogP contribution in [0.1, 0.15) is 12.8 Å². The SMILES string of the molecule is CN(CCCCO)S(=O)(=O)C(F)(F)C(F)(F)C(F)(F)C(F)(F)C(F)(F)C(F)(F)F. The summed E-state index contributed by atoms with van der Waals surface area (Å²) in [6.07, 6.45) is -8.41. The molecule has 0 aromatic rings. The maximum absolute atomic E-state index is 13.7. The third-order valence-electron chi connectivity index (χ3n) is 3.52. The van der Waals surface area contributed by atoms with Crippen LogP contribution < -0.4 is 0 Å². The lowest BCUT2D eigenvalue weighted by molar-refractivity contribution is -0.433. The van der Waals surface area contributed by atoms with Crippen LogP contribution in [0.25, 0.3) is 0 Å². The molecule has 0 fully saturated rings. The van der Waals surface area contributed by atoms with Crippen LogP contribution in [-0.4, -0.2) is 73.1 Å². The maximum Gasteiger partial charge on any atom is 0.460 e. The Morgan fingerprint density at radius 1 is 0.690 bits per heavy atom. The fraction of sp³-hybridized carbons (Fsp3) is 1.00. The summed E-state index contributed by atoms with van der Waals surface area (Å²) in [4.78, 5) is 0. The number of alkyl halides is 13. The van der Waals surface area contributed by atoms with Gasteiger partial charge in [-0.3, -0.25) is 0 Å². The van der Waals surface area contributed by atoms with Gasteiger partial charge in [0.25, 0.3) is 10.0 Å². The molecular formula is C11H12F13NO3S. The predicted octanol–water partition coefficient (Wildman–Crippen LogP) is 3.72. The molecule has 0 atom stereocenters. The molecule has 0 aliphatic rings. The van der Waals surface area contributed by atoms with Gasteiger partial charge in [-0.05, 0) is 12.8 Å². The van der Waals surface area contributed by atoms with Crippen LogP contribution in [0.2, 0.25) is 0 Å². The molecular weight excluding hydrogens is 473 g/mol. The second-order valence-electron chi connectivity index (χ2n) is 5.57. The second-order valence-corrected chi connectivity index (χ2v) is 7.66. The molecule has 0 aromatic carbocycles. The van der Waals surface area contributed by atoms with E-state index >= 15 is 0 Å². The van der Waals surface area contributed by atoms with Gasteiger partial charge in [-0.25, -0.2) is 8.42 Å². The summed E-state index contributed by atoms with van der Waals surface area (Å²) in [5, 5.41) is 1.19. The van der Waals surface area contributed by atoms with Crippen LogP contribution in [0.4, 0.5) is 57.1 Å². The average Bonchev–Trinajstić information content (AvgIpc) is 2.52. The van der Waals surface area contributed by atoms with Gasteiger partial charge in [-0.2, -0.15) is 61.4 Å². The highest BCUT2D eigenvalue weighted by Crippen LogP contribution is 2.61. The van der Waals surface area contributed by atoms with E-state index in [9.17, 15) is 65.5 Å². The van der Waals surface area contributed by atoms with Crippen molar-refractivity contribution in [3.05, 3.63) is 0 Å². The Hall–Kier alpha value is -1.04. The van der Waals surface area contributed by atoms with E-state index in [4.69, 9.17) is 5.11 Å². The largest absolute Gasteiger partial charge is 0.460 e. The predicted molar refractivity (Wildman–Crippen MR) is 68.7 cm³/mol. The van der Waals surface area contributed by atoms with Crippen LogP contribution in [0.15, 0.2) is 0 Å². The first-order valence-corrected chi connectivity index (χ1v) is 8.45. The first-order valence-electron chi connectivity index (χ1n) is 7.01. The molecule has 29 heavy (non-hydrogen) atoms. The van der Waals surface area contributed by atoms with E-state index in [1.54, 1.807) is 0 Å². The van der Waals surface area contributed by atoms with Gasteiger partial charge >= 0.3 is 35.1 Å². The smallest absolute Gasteiger partial charge is 0.396 e. The molecule has 0 bridgehead atoms. The van der Waals surface area contributed by atoms with Gasteiger partial charge in [-0.1, -0.05) is 0 Å². The van der Waals surface area contributed by atoms with Gasteiger partial charge in [0.2, 0.25) is 0 Å². The summed E-state index contributed by atoms with van der Waals surface area (Å²) in [5.74, 6) is -32.2. The Bertz CT molecular complexity index is 674. The second kappa shape index (κ2) is 7.90. The minimum atomic E-state index is -8.18. The van der Waals surface area contributed by atoms with Crippen molar-refractivity contribution in [2.45, 2.75) is 48.0 Å². The topological polar surface area (TPSA) is 57.6 Å². The first kappa shape index (κ1) is 28.0. The molecule has 0 saturated carbocycles. The standard InChI is InChI=1S/C11H12F13NO3S/c1-25(4-2-3-5-26)29(27,28)11(23,24)9(18,19)7(14,15)6(12,13)8(16,17)10(20,21)22/h26H,2-5H2,1H3. The molecule has 4 nitrogen and oxygen atoms in total. The Morgan fingerprint density at radius 2 is 1.07 bits per heavy atom. The van der Waals surface area contributed by atoms with Crippen molar-refractivity contribution in [2.75, 3.05) is 20.2 Å². The Labute approximate surface area is 154 Å². The normalized spacial score (nSPS) is 15.9. The molecule has 0 saturated heterocycles. The number of sulfonamides is 1. The van der Waals surface area contributed by atoms with Crippen LogP contribution in [0.3, 0.4) is 0 Å². The van der Waals surface area contributed by atoms with E-state index in [1.165, 1.54) is 0 Å². The Kier molecular flexibility index (Phi) is 7.62. The number of unbranched alkanes of at least 4 members (excludes halogenated alkanes) is 1. The zero-order valence-corrected chi connectivity index (χ0v) is 14.7. The van der Waals surface area contributed by atoms with Crippen molar-refractivity contribution in [2.24, 2.45) is 0 Å². The molecule has 0 aromatic heterocycles. The quantitative estimate of drug-likeness (QED) is 0.379. The lowest BCUT2D eigenvalue weighted by Gasteiger charge is -2.40. The van der Waals surface area contributed by atoms with E-state index < -0.39 is 69.0 Å². The molecule has 0 aliphatic heterocycles. The number of rotatable bonds is 10. The van der Waals surface area contributed by atoms with Gasteiger partial charge < -0.3 is 5.11 Å². The maximum atomic E-state index is 13.7. The summed E-state index contributed by atoms with van der Waals surface area (Å²) in [6, 6.07) is 0. The van der Waals surface area contributed by atoms with Gasteiger partial charge in [0.15, 0.2) is 0 Å². The molecule has 18 heteroatoms. The molecule has 0 aliphatic carbocycles. The molecule has 176 valence electrons. The van der Waals surface area contributed by atoms with E-state index in [0.29, 0.717) is 0 Å². The number of hydrogen-bond acceptors (Lipinski definition) is 3. The highest BCUT2D eigenvalue weighted by Gasteiger charge is 2.92.